The fourth-order valence-corrected chi connectivity index (χ4v) is 3.23. The van der Waals surface area contributed by atoms with E-state index in [0.717, 1.165) is 16.9 Å². The highest BCUT2D eigenvalue weighted by Gasteiger charge is 2.08. The first-order chi connectivity index (χ1) is 14.5. The van der Waals surface area contributed by atoms with E-state index in [1.54, 1.807) is 6.07 Å². The summed E-state index contributed by atoms with van der Waals surface area (Å²) in [6.45, 7) is 2.41. The summed E-state index contributed by atoms with van der Waals surface area (Å²) in [6, 6.07) is 19.9. The van der Waals surface area contributed by atoms with Crippen molar-refractivity contribution in [1.29, 1.82) is 0 Å². The Hall–Kier alpha value is -2.51. The Bertz CT molecular complexity index is 1020. The lowest BCUT2D eigenvalue weighted by atomic mass is 10.2. The molecule has 0 saturated carbocycles. The lowest BCUT2D eigenvalue weighted by Gasteiger charge is -2.11. The molecule has 31 heavy (non-hydrogen) atoms. The number of hydrogen-bond acceptors (Lipinski definition) is 5. The molecule has 0 saturated heterocycles. The van der Waals surface area contributed by atoms with E-state index in [4.69, 9.17) is 27.9 Å². The van der Waals surface area contributed by atoms with Crippen molar-refractivity contribution in [2.75, 3.05) is 18.4 Å². The number of non-ortho nitro benzene ring substituents is 1. The number of ether oxygens (including phenoxy) is 1. The van der Waals surface area contributed by atoms with Crippen molar-refractivity contribution in [1.82, 2.24) is 5.32 Å². The Balaban J connectivity index is 0.00000341. The predicted molar refractivity (Wildman–Crippen MR) is 128 cm³/mol. The third-order valence-corrected chi connectivity index (χ3v) is 5.04. The fraction of sp³-hybridized carbons (Fsp3) is 0.182. The molecule has 6 nitrogen and oxygen atoms in total. The van der Waals surface area contributed by atoms with Crippen LogP contribution >= 0.6 is 35.6 Å². The molecule has 0 aliphatic carbocycles. The van der Waals surface area contributed by atoms with Crippen LogP contribution in [0.1, 0.15) is 11.1 Å². The number of nitro groups is 1. The van der Waals surface area contributed by atoms with Gasteiger partial charge in [-0.25, -0.2) is 0 Å². The van der Waals surface area contributed by atoms with Crippen LogP contribution in [-0.4, -0.2) is 18.0 Å². The van der Waals surface area contributed by atoms with Crippen molar-refractivity contribution in [2.45, 2.75) is 13.2 Å². The minimum atomic E-state index is -0.469. The van der Waals surface area contributed by atoms with E-state index < -0.39 is 4.92 Å². The van der Waals surface area contributed by atoms with Crippen molar-refractivity contribution >= 4 is 47.0 Å². The summed E-state index contributed by atoms with van der Waals surface area (Å²) in [4.78, 5) is 10.3. The second-order valence-electron chi connectivity index (χ2n) is 6.55. The molecule has 0 fully saturated rings. The standard InChI is InChI=1S/C22H21Cl2N3O3.ClH/c23-20-7-2-1-5-17(20)15-30-19-6-3-4-16(12-19)14-25-10-11-26-22-9-8-18(27(28)29)13-21(22)24;/h1-9,12-13,25-26H,10-11,14-15H2;1H. The molecule has 0 aliphatic rings. The normalized spacial score (nSPS) is 10.3. The van der Waals surface area contributed by atoms with E-state index in [0.29, 0.717) is 42.0 Å². The van der Waals surface area contributed by atoms with E-state index in [1.165, 1.54) is 12.1 Å². The molecule has 0 heterocycles. The van der Waals surface area contributed by atoms with Gasteiger partial charge in [-0.3, -0.25) is 10.1 Å². The monoisotopic (exact) mass is 481 g/mol. The Morgan fingerprint density at radius 1 is 0.935 bits per heavy atom. The molecular formula is C22H22Cl3N3O3. The van der Waals surface area contributed by atoms with Gasteiger partial charge in [0.05, 0.1) is 15.6 Å². The van der Waals surface area contributed by atoms with Gasteiger partial charge in [0.15, 0.2) is 0 Å². The zero-order valence-electron chi connectivity index (χ0n) is 16.5. The summed E-state index contributed by atoms with van der Waals surface area (Å²) in [5, 5.41) is 18.3. The number of nitrogens with one attached hydrogen (secondary N) is 2. The molecule has 9 heteroatoms. The van der Waals surface area contributed by atoms with E-state index in [-0.39, 0.29) is 18.1 Å². The van der Waals surface area contributed by atoms with Crippen LogP contribution in [0.25, 0.3) is 0 Å². The van der Waals surface area contributed by atoms with Gasteiger partial charge in [0.2, 0.25) is 0 Å². The van der Waals surface area contributed by atoms with Crippen molar-refractivity contribution < 1.29 is 9.66 Å². The zero-order valence-corrected chi connectivity index (χ0v) is 18.8. The quantitative estimate of drug-likeness (QED) is 0.207. The highest BCUT2D eigenvalue weighted by Crippen LogP contribution is 2.26. The van der Waals surface area contributed by atoms with Gasteiger partial charge in [0.25, 0.3) is 5.69 Å². The average Bonchev–Trinajstić information content (AvgIpc) is 2.74. The second kappa shape index (κ2) is 12.4. The maximum absolute atomic E-state index is 10.8. The van der Waals surface area contributed by atoms with Gasteiger partial charge in [0.1, 0.15) is 12.4 Å². The Morgan fingerprint density at radius 2 is 1.74 bits per heavy atom. The summed E-state index contributed by atoms with van der Waals surface area (Å²) in [5.74, 6) is 0.782. The van der Waals surface area contributed by atoms with Crippen LogP contribution in [0.5, 0.6) is 5.75 Å². The largest absolute Gasteiger partial charge is 0.489 e. The first kappa shape index (κ1) is 24.8. The van der Waals surface area contributed by atoms with Gasteiger partial charge in [-0.2, -0.15) is 0 Å². The summed E-state index contributed by atoms with van der Waals surface area (Å²) in [6.07, 6.45) is 0. The SMILES string of the molecule is Cl.O=[N+]([O-])c1ccc(NCCNCc2cccc(OCc3ccccc3Cl)c2)c(Cl)c1. The third-order valence-electron chi connectivity index (χ3n) is 4.36. The van der Waals surface area contributed by atoms with Crippen LogP contribution < -0.4 is 15.4 Å². The maximum Gasteiger partial charge on any atom is 0.271 e. The second-order valence-corrected chi connectivity index (χ2v) is 7.37. The van der Waals surface area contributed by atoms with Gasteiger partial charge < -0.3 is 15.4 Å². The fourth-order valence-electron chi connectivity index (χ4n) is 2.80. The molecular weight excluding hydrogens is 461 g/mol. The van der Waals surface area contributed by atoms with Gasteiger partial charge in [-0.1, -0.05) is 53.5 Å². The third kappa shape index (κ3) is 7.60. The predicted octanol–water partition coefficient (Wildman–Crippen LogP) is 6.10. The highest BCUT2D eigenvalue weighted by molar-refractivity contribution is 6.33. The summed E-state index contributed by atoms with van der Waals surface area (Å²) < 4.78 is 5.85. The van der Waals surface area contributed by atoms with Gasteiger partial charge >= 0.3 is 0 Å². The van der Waals surface area contributed by atoms with E-state index in [2.05, 4.69) is 10.6 Å². The summed E-state index contributed by atoms with van der Waals surface area (Å²) >= 11 is 12.2. The molecule has 0 bridgehead atoms. The van der Waals surface area contributed by atoms with Crippen molar-refractivity contribution in [3.8, 4) is 5.75 Å². The minimum absolute atomic E-state index is 0. The molecule has 0 spiro atoms. The average molecular weight is 483 g/mol. The molecule has 0 radical (unpaired) electrons. The Morgan fingerprint density at radius 3 is 2.48 bits per heavy atom. The van der Waals surface area contributed by atoms with Gasteiger partial charge in [-0.05, 0) is 29.8 Å². The van der Waals surface area contributed by atoms with Crippen molar-refractivity contribution in [3.05, 3.63) is 98.0 Å². The van der Waals surface area contributed by atoms with Crippen molar-refractivity contribution in [3.63, 3.8) is 0 Å². The topological polar surface area (TPSA) is 76.4 Å². The molecule has 0 amide bonds. The highest BCUT2D eigenvalue weighted by atomic mass is 35.5. The Kier molecular flexibility index (Phi) is 9.88. The summed E-state index contributed by atoms with van der Waals surface area (Å²) in [7, 11) is 0. The number of nitro benzene ring substituents is 1. The van der Waals surface area contributed by atoms with Crippen LogP contribution in [0.15, 0.2) is 66.7 Å². The molecule has 0 aliphatic heterocycles. The van der Waals surface area contributed by atoms with E-state index in [1.807, 2.05) is 48.5 Å². The number of anilines is 1. The molecule has 0 unspecified atom stereocenters. The lowest BCUT2D eigenvalue weighted by molar-refractivity contribution is -0.384. The van der Waals surface area contributed by atoms with E-state index in [9.17, 15) is 10.1 Å². The summed E-state index contributed by atoms with van der Waals surface area (Å²) in [5.41, 5.74) is 2.68. The zero-order chi connectivity index (χ0) is 21.3. The van der Waals surface area contributed by atoms with Gasteiger partial charge in [0, 0.05) is 42.4 Å². The van der Waals surface area contributed by atoms with Crippen LogP contribution in [0, 0.1) is 10.1 Å². The lowest BCUT2D eigenvalue weighted by Crippen LogP contribution is -2.21. The number of hydrogen-bond donors (Lipinski definition) is 2. The number of benzene rings is 3. The Labute approximate surface area is 197 Å². The van der Waals surface area contributed by atoms with Crippen molar-refractivity contribution in [2.24, 2.45) is 0 Å². The van der Waals surface area contributed by atoms with Crippen LogP contribution in [0.2, 0.25) is 10.0 Å². The molecule has 2 N–H and O–H groups in total. The molecule has 164 valence electrons. The molecule has 0 atom stereocenters. The van der Waals surface area contributed by atoms with Crippen LogP contribution in [0.4, 0.5) is 11.4 Å². The first-order valence-electron chi connectivity index (χ1n) is 9.36. The molecule has 3 aromatic carbocycles. The smallest absolute Gasteiger partial charge is 0.271 e. The number of rotatable bonds is 10. The number of halogens is 3. The van der Waals surface area contributed by atoms with Crippen LogP contribution in [0.3, 0.4) is 0 Å². The maximum atomic E-state index is 10.8. The molecule has 3 aromatic rings. The molecule has 3 rings (SSSR count). The van der Waals surface area contributed by atoms with Crippen LogP contribution in [-0.2, 0) is 13.2 Å². The molecule has 0 aromatic heterocycles. The number of nitrogens with zero attached hydrogens (tertiary/aromatic N) is 1. The minimum Gasteiger partial charge on any atom is -0.489 e. The van der Waals surface area contributed by atoms with Gasteiger partial charge in [-0.15, -0.1) is 12.4 Å². The first-order valence-corrected chi connectivity index (χ1v) is 10.1. The van der Waals surface area contributed by atoms with E-state index >= 15 is 0 Å².